The van der Waals surface area contributed by atoms with E-state index >= 15 is 0 Å². The fraction of sp³-hybridized carbons (Fsp3) is 0.357. The molecular weight excluding hydrogens is 243 g/mol. The van der Waals surface area contributed by atoms with E-state index < -0.39 is 5.82 Å². The average Bonchev–Trinajstić information content (AvgIpc) is 2.93. The zero-order chi connectivity index (χ0) is 13.2. The number of hydrogen-bond donors (Lipinski definition) is 2. The first kappa shape index (κ1) is 12.2. The van der Waals surface area contributed by atoms with Crippen LogP contribution in [0.1, 0.15) is 18.9 Å². The van der Waals surface area contributed by atoms with Crippen LogP contribution in [0, 0.1) is 5.82 Å². The second kappa shape index (κ2) is 5.01. The maximum atomic E-state index is 13.5. The summed E-state index contributed by atoms with van der Waals surface area (Å²) in [4.78, 5) is 0. The van der Waals surface area contributed by atoms with E-state index in [-0.39, 0.29) is 5.69 Å². The van der Waals surface area contributed by atoms with Gasteiger partial charge in [0.25, 0.3) is 0 Å². The molecule has 1 aromatic heterocycles. The largest absolute Gasteiger partial charge is 0.396 e. The number of nitrogens with zero attached hydrogens (tertiary/aromatic N) is 2. The van der Waals surface area contributed by atoms with E-state index in [1.165, 1.54) is 6.07 Å². The summed E-state index contributed by atoms with van der Waals surface area (Å²) in [6, 6.07) is 7.17. The van der Waals surface area contributed by atoms with Gasteiger partial charge < -0.3 is 11.1 Å². The van der Waals surface area contributed by atoms with Gasteiger partial charge in [-0.1, -0.05) is 6.07 Å². The van der Waals surface area contributed by atoms with Gasteiger partial charge in [0, 0.05) is 11.8 Å². The van der Waals surface area contributed by atoms with Gasteiger partial charge in [-0.15, -0.1) is 0 Å². The number of piperidine rings is 1. The second-order valence-electron chi connectivity index (χ2n) is 4.90. The number of rotatable bonds is 2. The summed E-state index contributed by atoms with van der Waals surface area (Å²) in [5, 5.41) is 7.89. The Kier molecular flexibility index (Phi) is 3.21. The Morgan fingerprint density at radius 2 is 2.05 bits per heavy atom. The molecule has 0 aliphatic carbocycles. The lowest BCUT2D eigenvalue weighted by Gasteiger charge is -2.22. The molecular formula is C14H17FN4. The van der Waals surface area contributed by atoms with E-state index in [1.807, 2.05) is 16.9 Å². The van der Waals surface area contributed by atoms with E-state index in [0.29, 0.717) is 6.04 Å². The van der Waals surface area contributed by atoms with E-state index in [0.717, 1.165) is 37.2 Å². The molecule has 4 nitrogen and oxygen atoms in total. The smallest absolute Gasteiger partial charge is 0.146 e. The third kappa shape index (κ3) is 2.46. The standard InChI is InChI=1S/C14H17FN4/c15-12-9-10(1-2-13(12)16)14-5-8-19(18-14)11-3-6-17-7-4-11/h1-2,5,8-9,11,17H,3-4,6-7,16H2. The van der Waals surface area contributed by atoms with Crippen LogP contribution in [0.15, 0.2) is 30.5 Å². The molecule has 0 spiro atoms. The summed E-state index contributed by atoms with van der Waals surface area (Å²) < 4.78 is 15.4. The number of aromatic nitrogens is 2. The highest BCUT2D eigenvalue weighted by molar-refractivity contribution is 5.61. The average molecular weight is 260 g/mol. The number of halogens is 1. The zero-order valence-corrected chi connectivity index (χ0v) is 10.6. The van der Waals surface area contributed by atoms with E-state index in [4.69, 9.17) is 5.73 Å². The molecule has 0 amide bonds. The van der Waals surface area contributed by atoms with Crippen molar-refractivity contribution in [2.45, 2.75) is 18.9 Å². The monoisotopic (exact) mass is 260 g/mol. The van der Waals surface area contributed by atoms with Gasteiger partial charge in [-0.2, -0.15) is 5.10 Å². The topological polar surface area (TPSA) is 55.9 Å². The second-order valence-corrected chi connectivity index (χ2v) is 4.90. The fourth-order valence-corrected chi connectivity index (χ4v) is 2.45. The predicted molar refractivity (Wildman–Crippen MR) is 73.2 cm³/mol. The van der Waals surface area contributed by atoms with Gasteiger partial charge in [-0.25, -0.2) is 4.39 Å². The summed E-state index contributed by atoms with van der Waals surface area (Å²) in [7, 11) is 0. The van der Waals surface area contributed by atoms with Crippen LogP contribution >= 0.6 is 0 Å². The van der Waals surface area contributed by atoms with Crippen molar-refractivity contribution in [2.24, 2.45) is 0 Å². The molecule has 1 aliphatic heterocycles. The van der Waals surface area contributed by atoms with Crippen LogP contribution < -0.4 is 11.1 Å². The number of nitrogens with two attached hydrogens (primary N) is 1. The SMILES string of the molecule is Nc1ccc(-c2ccn(C3CCNCC3)n2)cc1F. The van der Waals surface area contributed by atoms with Crippen molar-refractivity contribution in [3.05, 3.63) is 36.3 Å². The molecule has 0 atom stereocenters. The van der Waals surface area contributed by atoms with Crippen LogP contribution in [0.5, 0.6) is 0 Å². The molecule has 2 heterocycles. The van der Waals surface area contributed by atoms with Crippen molar-refractivity contribution < 1.29 is 4.39 Å². The lowest BCUT2D eigenvalue weighted by Crippen LogP contribution is -2.29. The molecule has 0 radical (unpaired) electrons. The molecule has 0 bridgehead atoms. The highest BCUT2D eigenvalue weighted by Crippen LogP contribution is 2.24. The van der Waals surface area contributed by atoms with Crippen LogP contribution in [0.25, 0.3) is 11.3 Å². The minimum Gasteiger partial charge on any atom is -0.396 e. The van der Waals surface area contributed by atoms with Crippen LogP contribution in [0.3, 0.4) is 0 Å². The zero-order valence-electron chi connectivity index (χ0n) is 10.6. The highest BCUT2D eigenvalue weighted by Gasteiger charge is 2.16. The molecule has 100 valence electrons. The molecule has 3 N–H and O–H groups in total. The molecule has 1 aromatic carbocycles. The summed E-state index contributed by atoms with van der Waals surface area (Å²) in [5.41, 5.74) is 7.20. The van der Waals surface area contributed by atoms with Crippen LogP contribution in [0.4, 0.5) is 10.1 Å². The number of anilines is 1. The molecule has 19 heavy (non-hydrogen) atoms. The summed E-state index contributed by atoms with van der Waals surface area (Å²) in [5.74, 6) is -0.395. The Morgan fingerprint density at radius 3 is 2.79 bits per heavy atom. The molecule has 0 saturated carbocycles. The molecule has 1 aliphatic rings. The van der Waals surface area contributed by atoms with Crippen molar-refractivity contribution >= 4 is 5.69 Å². The molecule has 3 rings (SSSR count). The van der Waals surface area contributed by atoms with E-state index in [9.17, 15) is 4.39 Å². The maximum Gasteiger partial charge on any atom is 0.146 e. The van der Waals surface area contributed by atoms with E-state index in [1.54, 1.807) is 12.1 Å². The lowest BCUT2D eigenvalue weighted by molar-refractivity contribution is 0.343. The molecule has 5 heteroatoms. The van der Waals surface area contributed by atoms with Gasteiger partial charge in [-0.3, -0.25) is 4.68 Å². The third-order valence-electron chi connectivity index (χ3n) is 3.59. The number of nitrogen functional groups attached to an aromatic ring is 1. The Morgan fingerprint density at radius 1 is 1.26 bits per heavy atom. The van der Waals surface area contributed by atoms with Gasteiger partial charge in [0.2, 0.25) is 0 Å². The van der Waals surface area contributed by atoms with Crippen LogP contribution in [-0.4, -0.2) is 22.9 Å². The minimum absolute atomic E-state index is 0.168. The number of hydrogen-bond acceptors (Lipinski definition) is 3. The van der Waals surface area contributed by atoms with Crippen LogP contribution in [-0.2, 0) is 0 Å². The molecule has 1 saturated heterocycles. The first-order chi connectivity index (χ1) is 9.24. The molecule has 1 fully saturated rings. The van der Waals surface area contributed by atoms with Crippen LogP contribution in [0.2, 0.25) is 0 Å². The minimum atomic E-state index is -0.395. The van der Waals surface area contributed by atoms with Gasteiger partial charge >= 0.3 is 0 Å². The number of nitrogens with one attached hydrogen (secondary N) is 1. The fourth-order valence-electron chi connectivity index (χ4n) is 2.45. The lowest BCUT2D eigenvalue weighted by atomic mass is 10.1. The van der Waals surface area contributed by atoms with Gasteiger partial charge in [0.15, 0.2) is 0 Å². The Balaban J connectivity index is 1.85. The quantitative estimate of drug-likeness (QED) is 0.814. The predicted octanol–water partition coefficient (Wildman–Crippen LogP) is 2.20. The van der Waals surface area contributed by atoms with Gasteiger partial charge in [-0.05, 0) is 44.1 Å². The summed E-state index contributed by atoms with van der Waals surface area (Å²) in [6.07, 6.45) is 4.13. The highest BCUT2D eigenvalue weighted by atomic mass is 19.1. The molecule has 2 aromatic rings. The molecule has 0 unspecified atom stereocenters. The maximum absolute atomic E-state index is 13.5. The Hall–Kier alpha value is -1.88. The summed E-state index contributed by atoms with van der Waals surface area (Å²) >= 11 is 0. The Labute approximate surface area is 111 Å². The first-order valence-corrected chi connectivity index (χ1v) is 6.55. The van der Waals surface area contributed by atoms with Crippen molar-refractivity contribution in [3.8, 4) is 11.3 Å². The van der Waals surface area contributed by atoms with Crippen molar-refractivity contribution in [2.75, 3.05) is 18.8 Å². The van der Waals surface area contributed by atoms with Crippen molar-refractivity contribution in [1.29, 1.82) is 0 Å². The summed E-state index contributed by atoms with van der Waals surface area (Å²) in [6.45, 7) is 2.05. The van der Waals surface area contributed by atoms with Crippen molar-refractivity contribution in [1.82, 2.24) is 15.1 Å². The van der Waals surface area contributed by atoms with Gasteiger partial charge in [0.1, 0.15) is 5.82 Å². The number of benzene rings is 1. The van der Waals surface area contributed by atoms with Crippen molar-refractivity contribution in [3.63, 3.8) is 0 Å². The third-order valence-corrected chi connectivity index (χ3v) is 3.59. The van der Waals surface area contributed by atoms with E-state index in [2.05, 4.69) is 10.4 Å². The normalized spacial score (nSPS) is 16.7. The van der Waals surface area contributed by atoms with Gasteiger partial charge in [0.05, 0.1) is 17.4 Å². The Bertz CT molecular complexity index is 573. The first-order valence-electron chi connectivity index (χ1n) is 6.55.